The van der Waals surface area contributed by atoms with Crippen molar-refractivity contribution >= 4 is 35.9 Å². The second-order valence-electron chi connectivity index (χ2n) is 6.54. The molecule has 0 radical (unpaired) electrons. The van der Waals surface area contributed by atoms with Crippen LogP contribution in [0.5, 0.6) is 0 Å². The Hall–Kier alpha value is -2.12. The van der Waals surface area contributed by atoms with Crippen LogP contribution in [0.2, 0.25) is 0 Å². The lowest BCUT2D eigenvalue weighted by Gasteiger charge is -2.23. The van der Waals surface area contributed by atoms with Gasteiger partial charge in [-0.1, -0.05) is 6.07 Å². The van der Waals surface area contributed by atoms with Crippen molar-refractivity contribution in [1.82, 2.24) is 9.80 Å². The average molecular weight is 398 g/mol. The van der Waals surface area contributed by atoms with Crippen LogP contribution in [0, 0.1) is 5.92 Å². The number of amides is 2. The molecular formula is C19H28ClN3O4. The van der Waals surface area contributed by atoms with E-state index < -0.39 is 17.9 Å². The van der Waals surface area contributed by atoms with E-state index in [9.17, 15) is 14.4 Å². The molecule has 0 spiro atoms. The predicted octanol–water partition coefficient (Wildman–Crippen LogP) is 2.32. The summed E-state index contributed by atoms with van der Waals surface area (Å²) >= 11 is 0. The summed E-state index contributed by atoms with van der Waals surface area (Å²) in [5.74, 6) is -1.51. The molecule has 1 aliphatic heterocycles. The highest BCUT2D eigenvalue weighted by Crippen LogP contribution is 2.20. The van der Waals surface area contributed by atoms with Crippen molar-refractivity contribution in [3.63, 3.8) is 0 Å². The normalized spacial score (nSPS) is 17.7. The standard InChI is InChI=1S/C19H27N3O4.ClH/c1-4-21(5-2)18(24)14-7-6-8-16(11-14)20-17(23)13(3)22-10-9-15(12-22)19(25)26;/h6-8,11,13,15H,4-5,9-10,12H2,1-3H3,(H,20,23)(H,25,26);1H. The summed E-state index contributed by atoms with van der Waals surface area (Å²) in [5, 5.41) is 11.9. The minimum atomic E-state index is -0.817. The average Bonchev–Trinajstić information content (AvgIpc) is 3.12. The van der Waals surface area contributed by atoms with E-state index in [-0.39, 0.29) is 24.2 Å². The van der Waals surface area contributed by atoms with Crippen LogP contribution in [0.15, 0.2) is 24.3 Å². The van der Waals surface area contributed by atoms with Crippen molar-refractivity contribution in [3.05, 3.63) is 29.8 Å². The molecule has 150 valence electrons. The fourth-order valence-electron chi connectivity index (χ4n) is 3.18. The van der Waals surface area contributed by atoms with E-state index in [2.05, 4.69) is 5.32 Å². The Morgan fingerprint density at radius 3 is 2.52 bits per heavy atom. The van der Waals surface area contributed by atoms with Crippen molar-refractivity contribution in [1.29, 1.82) is 0 Å². The molecule has 1 aliphatic rings. The van der Waals surface area contributed by atoms with E-state index in [4.69, 9.17) is 5.11 Å². The number of hydrogen-bond acceptors (Lipinski definition) is 4. The SMILES string of the molecule is CCN(CC)C(=O)c1cccc(NC(=O)C(C)N2CCC(C(=O)O)C2)c1.Cl. The smallest absolute Gasteiger partial charge is 0.307 e. The maximum atomic E-state index is 12.5. The molecule has 2 atom stereocenters. The van der Waals surface area contributed by atoms with Crippen molar-refractivity contribution in [2.24, 2.45) is 5.92 Å². The molecule has 1 fully saturated rings. The first-order chi connectivity index (χ1) is 12.4. The number of nitrogens with zero attached hydrogens (tertiary/aromatic N) is 2. The number of rotatable bonds is 7. The van der Waals surface area contributed by atoms with Gasteiger partial charge in [-0.2, -0.15) is 0 Å². The van der Waals surface area contributed by atoms with Crippen molar-refractivity contribution in [2.75, 3.05) is 31.5 Å². The van der Waals surface area contributed by atoms with Crippen LogP contribution in [-0.2, 0) is 9.59 Å². The number of hydrogen-bond donors (Lipinski definition) is 2. The summed E-state index contributed by atoms with van der Waals surface area (Å²) in [4.78, 5) is 39.6. The molecule has 2 N–H and O–H groups in total. The lowest BCUT2D eigenvalue weighted by atomic mass is 10.1. The number of nitrogens with one attached hydrogen (secondary N) is 1. The third-order valence-corrected chi connectivity index (χ3v) is 4.92. The lowest BCUT2D eigenvalue weighted by Crippen LogP contribution is -2.41. The number of carbonyl (C=O) groups excluding carboxylic acids is 2. The van der Waals surface area contributed by atoms with Gasteiger partial charge in [-0.15, -0.1) is 12.4 Å². The molecule has 2 rings (SSSR count). The minimum Gasteiger partial charge on any atom is -0.481 e. The Morgan fingerprint density at radius 1 is 1.30 bits per heavy atom. The second kappa shape index (κ2) is 10.3. The number of carboxylic acid groups (broad SMARTS) is 1. The number of carboxylic acids is 1. The van der Waals surface area contributed by atoms with Gasteiger partial charge in [0, 0.05) is 30.9 Å². The Morgan fingerprint density at radius 2 is 1.96 bits per heavy atom. The molecule has 1 aromatic rings. The van der Waals surface area contributed by atoms with Crippen LogP contribution in [0.1, 0.15) is 37.6 Å². The number of benzene rings is 1. The summed E-state index contributed by atoms with van der Waals surface area (Å²) in [5.41, 5.74) is 1.10. The maximum absolute atomic E-state index is 12.5. The van der Waals surface area contributed by atoms with Gasteiger partial charge in [0.1, 0.15) is 0 Å². The number of aliphatic carboxylic acids is 1. The van der Waals surface area contributed by atoms with Gasteiger partial charge in [0.25, 0.3) is 5.91 Å². The number of halogens is 1. The highest BCUT2D eigenvalue weighted by Gasteiger charge is 2.33. The molecule has 2 amide bonds. The van der Waals surface area contributed by atoms with Crippen LogP contribution in [0.25, 0.3) is 0 Å². The van der Waals surface area contributed by atoms with Gasteiger partial charge in [0.2, 0.25) is 5.91 Å². The second-order valence-corrected chi connectivity index (χ2v) is 6.54. The molecule has 0 aromatic heterocycles. The molecule has 7 nitrogen and oxygen atoms in total. The summed E-state index contributed by atoms with van der Waals surface area (Å²) in [6.45, 7) is 7.84. The molecule has 2 unspecified atom stereocenters. The van der Waals surface area contributed by atoms with E-state index in [0.29, 0.717) is 43.9 Å². The summed E-state index contributed by atoms with van der Waals surface area (Å²) in [7, 11) is 0. The van der Waals surface area contributed by atoms with Crippen LogP contribution in [0.3, 0.4) is 0 Å². The highest BCUT2D eigenvalue weighted by molar-refractivity contribution is 5.98. The summed E-state index contributed by atoms with van der Waals surface area (Å²) in [6, 6.07) is 6.47. The molecule has 8 heteroatoms. The first-order valence-electron chi connectivity index (χ1n) is 9.04. The van der Waals surface area contributed by atoms with Crippen molar-refractivity contribution in [3.8, 4) is 0 Å². The zero-order valence-corrected chi connectivity index (χ0v) is 16.8. The van der Waals surface area contributed by atoms with E-state index in [1.54, 1.807) is 36.1 Å². The zero-order chi connectivity index (χ0) is 19.3. The third-order valence-electron chi connectivity index (χ3n) is 4.92. The Labute approximate surface area is 166 Å². The van der Waals surface area contributed by atoms with Crippen LogP contribution in [-0.4, -0.2) is 64.9 Å². The molecule has 1 aromatic carbocycles. The first kappa shape index (κ1) is 22.9. The molecular weight excluding hydrogens is 370 g/mol. The fourth-order valence-corrected chi connectivity index (χ4v) is 3.18. The zero-order valence-electron chi connectivity index (χ0n) is 16.0. The molecule has 1 heterocycles. The lowest BCUT2D eigenvalue weighted by molar-refractivity contribution is -0.141. The van der Waals surface area contributed by atoms with Crippen molar-refractivity contribution < 1.29 is 19.5 Å². The largest absolute Gasteiger partial charge is 0.481 e. The van der Waals surface area contributed by atoms with Crippen LogP contribution >= 0.6 is 12.4 Å². The molecule has 0 bridgehead atoms. The van der Waals surface area contributed by atoms with E-state index in [0.717, 1.165) is 0 Å². The number of likely N-dealkylation sites (tertiary alicyclic amines) is 1. The molecule has 27 heavy (non-hydrogen) atoms. The van der Waals surface area contributed by atoms with Gasteiger partial charge in [0.05, 0.1) is 12.0 Å². The van der Waals surface area contributed by atoms with E-state index >= 15 is 0 Å². The van der Waals surface area contributed by atoms with Gasteiger partial charge in [-0.05, 0) is 51.9 Å². The topological polar surface area (TPSA) is 90.0 Å². The van der Waals surface area contributed by atoms with Gasteiger partial charge in [0.15, 0.2) is 0 Å². The monoisotopic (exact) mass is 397 g/mol. The molecule has 0 aliphatic carbocycles. The molecule has 1 saturated heterocycles. The van der Waals surface area contributed by atoms with Gasteiger partial charge >= 0.3 is 5.97 Å². The number of anilines is 1. The quantitative estimate of drug-likeness (QED) is 0.736. The van der Waals surface area contributed by atoms with Crippen LogP contribution in [0.4, 0.5) is 5.69 Å². The van der Waals surface area contributed by atoms with E-state index in [1.807, 2.05) is 18.7 Å². The molecule has 0 saturated carbocycles. The van der Waals surface area contributed by atoms with Crippen molar-refractivity contribution in [2.45, 2.75) is 33.2 Å². The summed E-state index contributed by atoms with van der Waals surface area (Å²) < 4.78 is 0. The van der Waals surface area contributed by atoms with Gasteiger partial charge in [-0.3, -0.25) is 19.3 Å². The van der Waals surface area contributed by atoms with Gasteiger partial charge in [-0.25, -0.2) is 0 Å². The number of carbonyl (C=O) groups is 3. The van der Waals surface area contributed by atoms with E-state index in [1.165, 1.54) is 0 Å². The Kier molecular flexibility index (Phi) is 8.72. The first-order valence-corrected chi connectivity index (χ1v) is 9.04. The maximum Gasteiger partial charge on any atom is 0.307 e. The summed E-state index contributed by atoms with van der Waals surface area (Å²) in [6.07, 6.45) is 0.556. The Balaban J connectivity index is 0.00000364. The highest BCUT2D eigenvalue weighted by atomic mass is 35.5. The predicted molar refractivity (Wildman–Crippen MR) is 106 cm³/mol. The van der Waals surface area contributed by atoms with Gasteiger partial charge < -0.3 is 15.3 Å². The minimum absolute atomic E-state index is 0. The van der Waals surface area contributed by atoms with Crippen LogP contribution < -0.4 is 5.32 Å². The Bertz CT molecular complexity index is 679. The third kappa shape index (κ3) is 5.68. The fraction of sp³-hybridized carbons (Fsp3) is 0.526.